The number of carbonyl (C=O) groups is 2. The summed E-state index contributed by atoms with van der Waals surface area (Å²) in [5.74, 6) is 11.4. The molecular weight excluding hydrogens is 484 g/mol. The summed E-state index contributed by atoms with van der Waals surface area (Å²) >= 11 is 0. The van der Waals surface area contributed by atoms with E-state index in [2.05, 4.69) is 34.1 Å². The molecule has 2 fully saturated rings. The maximum Gasteiger partial charge on any atom is 0.328 e. The predicted molar refractivity (Wildman–Crippen MR) is 132 cm³/mol. The Morgan fingerprint density at radius 3 is 2.72 bits per heavy atom. The first-order chi connectivity index (χ1) is 17.1. The number of rotatable bonds is 7. The van der Waals surface area contributed by atoms with Gasteiger partial charge in [-0.05, 0) is 51.1 Å². The normalized spacial score (nSPS) is 21.9. The van der Waals surface area contributed by atoms with Crippen LogP contribution in [-0.4, -0.2) is 85.3 Å². The summed E-state index contributed by atoms with van der Waals surface area (Å²) in [4.78, 5) is 34.7. The zero-order valence-electron chi connectivity index (χ0n) is 20.9. The van der Waals surface area contributed by atoms with Crippen molar-refractivity contribution in [2.24, 2.45) is 5.92 Å². The van der Waals surface area contributed by atoms with E-state index in [9.17, 15) is 18.0 Å². The fraction of sp³-hybridized carbons (Fsp3) is 0.600. The van der Waals surface area contributed by atoms with Gasteiger partial charge in [-0.2, -0.15) is 0 Å². The Kier molecular flexibility index (Phi) is 7.76. The maximum atomic E-state index is 12.9. The highest BCUT2D eigenvalue weighted by atomic mass is 32.2. The Bertz CT molecular complexity index is 1240. The molecule has 194 valence electrons. The van der Waals surface area contributed by atoms with Crippen molar-refractivity contribution in [1.29, 1.82) is 0 Å². The number of nitrogens with one attached hydrogen (secondary N) is 1. The summed E-state index contributed by atoms with van der Waals surface area (Å²) in [6.45, 7) is 4.18. The number of hydrogen-bond acceptors (Lipinski definition) is 7. The van der Waals surface area contributed by atoms with Crippen molar-refractivity contribution in [2.75, 3.05) is 39.5 Å². The van der Waals surface area contributed by atoms with Gasteiger partial charge in [-0.1, -0.05) is 11.8 Å². The third-order valence-corrected chi connectivity index (χ3v) is 8.94. The average Bonchev–Trinajstić information content (AvgIpc) is 3.35. The standard InChI is InChI=1S/C25H32N4O6S/c1-25(36(3,32)33,23(30)26-35-22-10-6-7-13-34-22)11-12-28-18-21-14-19(17-29(21)24(28)31)8-4-5-9-20-15-27(2)16-20/h14,17,20,22H,6-7,10-13,15-16,18H2,1-3H3,(H,26,30). The molecule has 1 aromatic heterocycles. The predicted octanol–water partition coefficient (Wildman–Crippen LogP) is 0.956. The first-order valence-corrected chi connectivity index (χ1v) is 13.9. The van der Waals surface area contributed by atoms with Gasteiger partial charge in [0.25, 0.3) is 5.91 Å². The van der Waals surface area contributed by atoms with Crippen LogP contribution in [0, 0.1) is 29.6 Å². The highest BCUT2D eigenvalue weighted by molar-refractivity contribution is 7.92. The second-order valence-corrected chi connectivity index (χ2v) is 12.3. The second kappa shape index (κ2) is 10.7. The number of fused-ring (bicyclic) bond motifs is 1. The van der Waals surface area contributed by atoms with Crippen LogP contribution in [0.5, 0.6) is 0 Å². The third-order valence-electron chi connectivity index (χ3n) is 6.92. The molecule has 11 heteroatoms. The molecule has 0 radical (unpaired) electrons. The molecule has 3 aliphatic rings. The Morgan fingerprint density at radius 2 is 2.08 bits per heavy atom. The van der Waals surface area contributed by atoms with Gasteiger partial charge in [0.2, 0.25) is 0 Å². The van der Waals surface area contributed by atoms with Crippen molar-refractivity contribution in [3.8, 4) is 23.7 Å². The fourth-order valence-corrected chi connectivity index (χ4v) is 5.19. The molecule has 2 amide bonds. The number of aromatic nitrogens is 1. The number of sulfone groups is 1. The largest absolute Gasteiger partial charge is 0.350 e. The Balaban J connectivity index is 1.34. The zero-order chi connectivity index (χ0) is 25.9. The van der Waals surface area contributed by atoms with Gasteiger partial charge >= 0.3 is 6.03 Å². The minimum Gasteiger partial charge on any atom is -0.350 e. The number of hydrogen-bond donors (Lipinski definition) is 1. The Hall–Kier alpha value is -2.83. The van der Waals surface area contributed by atoms with Crippen molar-refractivity contribution in [3.63, 3.8) is 0 Å². The number of ether oxygens (including phenoxy) is 1. The van der Waals surface area contributed by atoms with Gasteiger partial charge in [0.1, 0.15) is 0 Å². The van der Waals surface area contributed by atoms with Crippen LogP contribution in [0.15, 0.2) is 12.3 Å². The molecule has 1 N–H and O–H groups in total. The summed E-state index contributed by atoms with van der Waals surface area (Å²) in [6.07, 6.45) is 4.43. The fourth-order valence-electron chi connectivity index (χ4n) is 4.35. The molecule has 0 saturated carbocycles. The molecule has 0 aromatic carbocycles. The van der Waals surface area contributed by atoms with E-state index in [0.717, 1.165) is 37.9 Å². The van der Waals surface area contributed by atoms with Crippen molar-refractivity contribution in [2.45, 2.75) is 50.2 Å². The summed E-state index contributed by atoms with van der Waals surface area (Å²) < 4.78 is 30.3. The molecule has 2 unspecified atom stereocenters. The first-order valence-electron chi connectivity index (χ1n) is 12.0. The van der Waals surface area contributed by atoms with Crippen LogP contribution in [0.3, 0.4) is 0 Å². The van der Waals surface area contributed by atoms with Crippen molar-refractivity contribution in [1.82, 2.24) is 19.8 Å². The van der Waals surface area contributed by atoms with Crippen LogP contribution in [0.1, 0.15) is 43.9 Å². The maximum absolute atomic E-state index is 12.9. The van der Waals surface area contributed by atoms with Crippen molar-refractivity contribution >= 4 is 21.8 Å². The molecule has 2 atom stereocenters. The minimum absolute atomic E-state index is 0.0816. The topological polar surface area (TPSA) is 110 Å². The average molecular weight is 517 g/mol. The quantitative estimate of drug-likeness (QED) is 0.425. The van der Waals surface area contributed by atoms with E-state index in [1.165, 1.54) is 16.4 Å². The molecule has 1 aromatic rings. The monoisotopic (exact) mass is 516 g/mol. The summed E-state index contributed by atoms with van der Waals surface area (Å²) in [7, 11) is -1.77. The van der Waals surface area contributed by atoms with Gasteiger partial charge in [0.15, 0.2) is 20.9 Å². The summed E-state index contributed by atoms with van der Waals surface area (Å²) in [5, 5.41) is 0. The van der Waals surface area contributed by atoms with E-state index < -0.39 is 26.8 Å². The Labute approximate surface area is 212 Å². The van der Waals surface area contributed by atoms with Gasteiger partial charge in [-0.3, -0.25) is 9.36 Å². The number of carbonyl (C=O) groups excluding carboxylic acids is 2. The lowest BCUT2D eigenvalue weighted by molar-refractivity contribution is -0.201. The lowest BCUT2D eigenvalue weighted by atomic mass is 10.0. The smallest absolute Gasteiger partial charge is 0.328 e. The second-order valence-electron chi connectivity index (χ2n) is 9.83. The van der Waals surface area contributed by atoms with Gasteiger partial charge in [-0.25, -0.2) is 23.5 Å². The molecule has 0 spiro atoms. The third kappa shape index (κ3) is 5.76. The summed E-state index contributed by atoms with van der Waals surface area (Å²) in [6, 6.07) is 1.54. The molecule has 0 bridgehead atoms. The van der Waals surface area contributed by atoms with Crippen molar-refractivity contribution < 1.29 is 27.6 Å². The molecule has 3 aliphatic heterocycles. The van der Waals surface area contributed by atoms with Crippen molar-refractivity contribution in [3.05, 3.63) is 23.5 Å². The van der Waals surface area contributed by atoms with E-state index in [-0.39, 0.29) is 19.0 Å². The molecule has 10 nitrogen and oxygen atoms in total. The van der Waals surface area contributed by atoms with Crippen LogP contribution in [-0.2, 0) is 30.8 Å². The molecule has 4 heterocycles. The highest BCUT2D eigenvalue weighted by Crippen LogP contribution is 2.26. The van der Waals surface area contributed by atoms with Gasteiger partial charge in [-0.15, -0.1) is 0 Å². The van der Waals surface area contributed by atoms with E-state index in [1.807, 2.05) is 13.1 Å². The van der Waals surface area contributed by atoms with Crippen LogP contribution < -0.4 is 5.48 Å². The lowest BCUT2D eigenvalue weighted by Crippen LogP contribution is -2.52. The molecule has 0 aliphatic carbocycles. The SMILES string of the molecule is CN1CC(C#CC#Cc2cc3n(c2)C(=O)N(CCC(C)(C(=O)NOC2CCCCO2)S(C)(=O)=O)C3)C1. The van der Waals surface area contributed by atoms with Gasteiger partial charge in [0.05, 0.1) is 6.54 Å². The van der Waals surface area contributed by atoms with Crippen LogP contribution in [0.4, 0.5) is 4.79 Å². The van der Waals surface area contributed by atoms with Gasteiger partial charge in [0, 0.05) is 62.3 Å². The number of likely N-dealkylation sites (tertiary alicyclic amines) is 1. The minimum atomic E-state index is -3.82. The van der Waals surface area contributed by atoms with E-state index >= 15 is 0 Å². The number of hydroxylamine groups is 1. The molecular formula is C25H32N4O6S. The molecule has 4 rings (SSSR count). The summed E-state index contributed by atoms with van der Waals surface area (Å²) in [5.41, 5.74) is 3.71. The van der Waals surface area contributed by atoms with E-state index in [0.29, 0.717) is 31.1 Å². The van der Waals surface area contributed by atoms with E-state index in [4.69, 9.17) is 9.57 Å². The van der Waals surface area contributed by atoms with E-state index in [1.54, 1.807) is 6.20 Å². The first kappa shape index (κ1) is 26.2. The zero-order valence-corrected chi connectivity index (χ0v) is 21.7. The van der Waals surface area contributed by atoms with Crippen LogP contribution >= 0.6 is 0 Å². The highest BCUT2D eigenvalue weighted by Gasteiger charge is 2.45. The van der Waals surface area contributed by atoms with Gasteiger partial charge < -0.3 is 14.5 Å². The molecule has 2 saturated heterocycles. The lowest BCUT2D eigenvalue weighted by Gasteiger charge is -2.32. The number of nitrogens with zero attached hydrogens (tertiary/aromatic N) is 3. The number of amides is 2. The Morgan fingerprint density at radius 1 is 1.31 bits per heavy atom. The molecule has 36 heavy (non-hydrogen) atoms. The van der Waals surface area contributed by atoms with Crippen LogP contribution in [0.2, 0.25) is 0 Å². The van der Waals surface area contributed by atoms with Crippen LogP contribution in [0.25, 0.3) is 0 Å².